The molecule has 1 aromatic rings. The van der Waals surface area contributed by atoms with Crippen LogP contribution >= 0.6 is 0 Å². The third-order valence-electron chi connectivity index (χ3n) is 3.42. The molecule has 1 fully saturated rings. The number of benzene rings is 1. The van der Waals surface area contributed by atoms with Crippen LogP contribution < -0.4 is 15.4 Å². The van der Waals surface area contributed by atoms with Crippen LogP contribution in [0.15, 0.2) is 24.3 Å². The number of ether oxygens (including phenoxy) is 1. The van der Waals surface area contributed by atoms with Crippen molar-refractivity contribution in [3.8, 4) is 5.75 Å². The first-order valence-electron chi connectivity index (χ1n) is 7.39. The number of hydrogen-bond donors (Lipinski definition) is 2. The Morgan fingerprint density at radius 1 is 1.29 bits per heavy atom. The Morgan fingerprint density at radius 3 is 2.62 bits per heavy atom. The minimum Gasteiger partial charge on any atom is -0.489 e. The largest absolute Gasteiger partial charge is 0.489 e. The van der Waals surface area contributed by atoms with Crippen LogP contribution in [0.25, 0.3) is 0 Å². The normalized spacial score (nSPS) is 14.4. The SMILES string of the molecule is CC(C)Oc1ccccc1NC(=O)CNC(=O)C1CCC1. The monoisotopic (exact) mass is 290 g/mol. The van der Waals surface area contributed by atoms with Crippen molar-refractivity contribution in [1.82, 2.24) is 5.32 Å². The number of para-hydroxylation sites is 2. The summed E-state index contributed by atoms with van der Waals surface area (Å²) in [6, 6.07) is 7.27. The van der Waals surface area contributed by atoms with E-state index in [1.54, 1.807) is 6.07 Å². The van der Waals surface area contributed by atoms with Crippen molar-refractivity contribution in [2.24, 2.45) is 5.92 Å². The summed E-state index contributed by atoms with van der Waals surface area (Å²) in [5, 5.41) is 5.44. The molecule has 5 heteroatoms. The fourth-order valence-electron chi connectivity index (χ4n) is 2.10. The van der Waals surface area contributed by atoms with Gasteiger partial charge in [-0.1, -0.05) is 18.6 Å². The topological polar surface area (TPSA) is 67.4 Å². The molecule has 2 amide bonds. The molecule has 21 heavy (non-hydrogen) atoms. The first kappa shape index (κ1) is 15.4. The lowest BCUT2D eigenvalue weighted by molar-refractivity contribution is -0.129. The van der Waals surface area contributed by atoms with Crippen LogP contribution in [-0.2, 0) is 9.59 Å². The molecule has 1 saturated carbocycles. The molecule has 2 N–H and O–H groups in total. The van der Waals surface area contributed by atoms with Gasteiger partial charge >= 0.3 is 0 Å². The number of carbonyl (C=O) groups is 2. The Hall–Kier alpha value is -2.04. The van der Waals surface area contributed by atoms with Gasteiger partial charge in [0, 0.05) is 5.92 Å². The summed E-state index contributed by atoms with van der Waals surface area (Å²) in [4.78, 5) is 23.6. The standard InChI is InChI=1S/C16H22N2O3/c1-11(2)21-14-9-4-3-8-13(14)18-15(19)10-17-16(20)12-6-5-7-12/h3-4,8-9,11-12H,5-7,10H2,1-2H3,(H,17,20)(H,18,19). The van der Waals surface area contributed by atoms with Gasteiger partial charge in [0.05, 0.1) is 18.3 Å². The summed E-state index contributed by atoms with van der Waals surface area (Å²) >= 11 is 0. The Labute approximate surface area is 125 Å². The highest BCUT2D eigenvalue weighted by molar-refractivity contribution is 5.96. The number of amides is 2. The number of rotatable bonds is 6. The highest BCUT2D eigenvalue weighted by atomic mass is 16.5. The zero-order valence-electron chi connectivity index (χ0n) is 12.5. The smallest absolute Gasteiger partial charge is 0.243 e. The molecule has 0 saturated heterocycles. The van der Waals surface area contributed by atoms with Gasteiger partial charge in [0.15, 0.2) is 0 Å². The molecule has 0 aromatic heterocycles. The van der Waals surface area contributed by atoms with E-state index in [0.29, 0.717) is 11.4 Å². The number of carbonyl (C=O) groups excluding carboxylic acids is 2. The number of hydrogen-bond acceptors (Lipinski definition) is 3. The summed E-state index contributed by atoms with van der Waals surface area (Å²) in [5.74, 6) is 0.450. The minimum absolute atomic E-state index is 0.00859. The summed E-state index contributed by atoms with van der Waals surface area (Å²) < 4.78 is 5.63. The van der Waals surface area contributed by atoms with E-state index in [4.69, 9.17) is 4.74 Å². The molecule has 114 valence electrons. The highest BCUT2D eigenvalue weighted by Crippen LogP contribution is 2.26. The molecule has 1 aliphatic carbocycles. The van der Waals surface area contributed by atoms with Crippen LogP contribution in [-0.4, -0.2) is 24.5 Å². The van der Waals surface area contributed by atoms with Gasteiger partial charge in [-0.2, -0.15) is 0 Å². The fraction of sp³-hybridized carbons (Fsp3) is 0.500. The van der Waals surface area contributed by atoms with Gasteiger partial charge in [-0.15, -0.1) is 0 Å². The fourth-order valence-corrected chi connectivity index (χ4v) is 2.10. The van der Waals surface area contributed by atoms with Crippen LogP contribution in [0.3, 0.4) is 0 Å². The van der Waals surface area contributed by atoms with Crippen molar-refractivity contribution in [3.63, 3.8) is 0 Å². The minimum atomic E-state index is -0.248. The first-order chi connectivity index (χ1) is 10.1. The summed E-state index contributed by atoms with van der Waals surface area (Å²) in [6.45, 7) is 3.85. The molecular formula is C16H22N2O3. The lowest BCUT2D eigenvalue weighted by Gasteiger charge is -2.23. The summed E-state index contributed by atoms with van der Waals surface area (Å²) in [7, 11) is 0. The predicted octanol–water partition coefficient (Wildman–Crippen LogP) is 2.33. The molecule has 2 rings (SSSR count). The van der Waals surface area contributed by atoms with Crippen molar-refractivity contribution in [2.75, 3.05) is 11.9 Å². The molecule has 0 radical (unpaired) electrons. The lowest BCUT2D eigenvalue weighted by atomic mass is 9.85. The maximum Gasteiger partial charge on any atom is 0.243 e. The van der Waals surface area contributed by atoms with Crippen molar-refractivity contribution >= 4 is 17.5 Å². The maximum absolute atomic E-state index is 11.9. The van der Waals surface area contributed by atoms with Crippen molar-refractivity contribution in [2.45, 2.75) is 39.2 Å². The van der Waals surface area contributed by atoms with Crippen LogP contribution in [0.2, 0.25) is 0 Å². The zero-order valence-corrected chi connectivity index (χ0v) is 12.5. The van der Waals surface area contributed by atoms with Crippen LogP contribution in [0.5, 0.6) is 5.75 Å². The second kappa shape index (κ2) is 7.11. The van der Waals surface area contributed by atoms with Gasteiger partial charge in [-0.25, -0.2) is 0 Å². The van der Waals surface area contributed by atoms with E-state index in [-0.39, 0.29) is 30.4 Å². The Balaban J connectivity index is 1.85. The molecule has 1 aromatic carbocycles. The third-order valence-corrected chi connectivity index (χ3v) is 3.42. The number of anilines is 1. The van der Waals surface area contributed by atoms with E-state index in [1.165, 1.54) is 0 Å². The van der Waals surface area contributed by atoms with Gasteiger partial charge in [-0.05, 0) is 38.8 Å². The van der Waals surface area contributed by atoms with E-state index >= 15 is 0 Å². The van der Waals surface area contributed by atoms with E-state index in [2.05, 4.69) is 10.6 Å². The van der Waals surface area contributed by atoms with Gasteiger partial charge in [0.1, 0.15) is 5.75 Å². The second-order valence-electron chi connectivity index (χ2n) is 5.56. The van der Waals surface area contributed by atoms with E-state index in [0.717, 1.165) is 19.3 Å². The van der Waals surface area contributed by atoms with Gasteiger partial charge < -0.3 is 15.4 Å². The van der Waals surface area contributed by atoms with Gasteiger partial charge in [0.2, 0.25) is 11.8 Å². The molecule has 1 aliphatic rings. The van der Waals surface area contributed by atoms with Crippen molar-refractivity contribution in [3.05, 3.63) is 24.3 Å². The summed E-state index contributed by atoms with van der Waals surface area (Å²) in [6.07, 6.45) is 2.99. The Kier molecular flexibility index (Phi) is 5.20. The van der Waals surface area contributed by atoms with E-state index < -0.39 is 0 Å². The Morgan fingerprint density at radius 2 is 2.00 bits per heavy atom. The summed E-state index contributed by atoms with van der Waals surface area (Å²) in [5.41, 5.74) is 0.620. The molecule has 0 bridgehead atoms. The molecule has 0 heterocycles. The van der Waals surface area contributed by atoms with Crippen LogP contribution in [0.1, 0.15) is 33.1 Å². The third kappa shape index (κ3) is 4.48. The predicted molar refractivity (Wildman–Crippen MR) is 81.2 cm³/mol. The highest BCUT2D eigenvalue weighted by Gasteiger charge is 2.25. The second-order valence-corrected chi connectivity index (χ2v) is 5.56. The quantitative estimate of drug-likeness (QED) is 0.845. The van der Waals surface area contributed by atoms with Crippen molar-refractivity contribution in [1.29, 1.82) is 0 Å². The lowest BCUT2D eigenvalue weighted by Crippen LogP contribution is -2.39. The average molecular weight is 290 g/mol. The Bertz CT molecular complexity index is 510. The molecule has 0 spiro atoms. The van der Waals surface area contributed by atoms with Crippen LogP contribution in [0, 0.1) is 5.92 Å². The van der Waals surface area contributed by atoms with E-state index in [9.17, 15) is 9.59 Å². The van der Waals surface area contributed by atoms with Gasteiger partial charge in [-0.3, -0.25) is 9.59 Å². The number of nitrogens with one attached hydrogen (secondary N) is 2. The molecule has 0 atom stereocenters. The molecule has 0 aliphatic heterocycles. The average Bonchev–Trinajstić information content (AvgIpc) is 2.36. The zero-order chi connectivity index (χ0) is 15.2. The van der Waals surface area contributed by atoms with Crippen molar-refractivity contribution < 1.29 is 14.3 Å². The van der Waals surface area contributed by atoms with Gasteiger partial charge in [0.25, 0.3) is 0 Å². The molecule has 0 unspecified atom stereocenters. The molecule has 5 nitrogen and oxygen atoms in total. The first-order valence-corrected chi connectivity index (χ1v) is 7.39. The maximum atomic E-state index is 11.9. The van der Waals surface area contributed by atoms with Crippen LogP contribution in [0.4, 0.5) is 5.69 Å². The molecular weight excluding hydrogens is 268 g/mol. The van der Waals surface area contributed by atoms with E-state index in [1.807, 2.05) is 32.0 Å².